The first-order chi connectivity index (χ1) is 6.65. The lowest BCUT2D eigenvalue weighted by molar-refractivity contribution is 0.1000. The molecule has 1 aromatic rings. The van der Waals surface area contributed by atoms with Crippen LogP contribution in [0.2, 0.25) is 5.02 Å². The van der Waals surface area contributed by atoms with Gasteiger partial charge >= 0.3 is 0 Å². The third-order valence-electron chi connectivity index (χ3n) is 1.57. The smallest absolute Gasteiger partial charge is 0.248 e. The minimum absolute atomic E-state index is 0.0894. The molecule has 0 radical (unpaired) electrons. The normalized spacial score (nSPS) is 9.86. The van der Waals surface area contributed by atoms with Crippen LogP contribution in [0.25, 0.3) is 0 Å². The van der Waals surface area contributed by atoms with E-state index in [1.165, 1.54) is 18.2 Å². The maximum absolute atomic E-state index is 10.8. The number of primary amides is 1. The van der Waals surface area contributed by atoms with Gasteiger partial charge in [-0.05, 0) is 18.2 Å². The van der Waals surface area contributed by atoms with E-state index in [1.54, 1.807) is 0 Å². The maximum Gasteiger partial charge on any atom is 0.248 e. The number of nitrogens with two attached hydrogens (primary N) is 1. The highest BCUT2D eigenvalue weighted by Crippen LogP contribution is 2.25. The molecule has 14 heavy (non-hydrogen) atoms. The van der Waals surface area contributed by atoms with Crippen molar-refractivity contribution in [2.24, 2.45) is 5.73 Å². The molecule has 1 aromatic carbocycles. The zero-order valence-electron chi connectivity index (χ0n) is 7.37. The second-order valence-corrected chi connectivity index (χ2v) is 2.99. The fraction of sp³-hybridized carbons (Fsp3) is 0.222. The third kappa shape index (κ3) is 2.61. The van der Waals surface area contributed by atoms with Gasteiger partial charge in [0.2, 0.25) is 5.91 Å². The van der Waals surface area contributed by atoms with Crippen LogP contribution >= 0.6 is 11.6 Å². The highest BCUT2D eigenvalue weighted by atomic mass is 35.5. The van der Waals surface area contributed by atoms with Crippen LogP contribution in [0.4, 0.5) is 0 Å². The molecule has 0 aliphatic carbocycles. The second-order valence-electron chi connectivity index (χ2n) is 2.58. The van der Waals surface area contributed by atoms with Crippen LogP contribution in [0.3, 0.4) is 0 Å². The summed E-state index contributed by atoms with van der Waals surface area (Å²) in [7, 11) is 0. The van der Waals surface area contributed by atoms with Gasteiger partial charge in [-0.25, -0.2) is 0 Å². The molecule has 0 saturated carbocycles. The average Bonchev–Trinajstić information content (AvgIpc) is 2.15. The van der Waals surface area contributed by atoms with Gasteiger partial charge in [0.1, 0.15) is 12.4 Å². The van der Waals surface area contributed by atoms with Crippen LogP contribution in [0.5, 0.6) is 5.75 Å². The molecule has 0 saturated heterocycles. The molecule has 1 amide bonds. The standard InChI is InChI=1S/C9H10ClNO3/c10-7-5-6(9(11)13)1-2-8(7)14-4-3-12/h1-2,5,12H,3-4H2,(H2,11,13). The topological polar surface area (TPSA) is 72.6 Å². The van der Waals surface area contributed by atoms with E-state index in [2.05, 4.69) is 0 Å². The number of aliphatic hydroxyl groups is 1. The van der Waals surface area contributed by atoms with Gasteiger partial charge in [0.05, 0.1) is 11.6 Å². The predicted octanol–water partition coefficient (Wildman–Crippen LogP) is 0.810. The highest BCUT2D eigenvalue weighted by Gasteiger charge is 2.05. The number of halogens is 1. The summed E-state index contributed by atoms with van der Waals surface area (Å²) < 4.78 is 5.09. The summed E-state index contributed by atoms with van der Waals surface area (Å²) >= 11 is 5.79. The van der Waals surface area contributed by atoms with Gasteiger partial charge in [-0.3, -0.25) is 4.79 Å². The van der Waals surface area contributed by atoms with E-state index >= 15 is 0 Å². The van der Waals surface area contributed by atoms with Crippen molar-refractivity contribution >= 4 is 17.5 Å². The predicted molar refractivity (Wildman–Crippen MR) is 52.6 cm³/mol. The molecule has 0 unspecified atom stereocenters. The molecule has 0 aliphatic heterocycles. The molecule has 0 aromatic heterocycles. The summed E-state index contributed by atoms with van der Waals surface area (Å²) in [4.78, 5) is 10.8. The van der Waals surface area contributed by atoms with Crippen molar-refractivity contribution in [2.45, 2.75) is 0 Å². The van der Waals surface area contributed by atoms with Crippen molar-refractivity contribution in [1.82, 2.24) is 0 Å². The quantitative estimate of drug-likeness (QED) is 0.781. The fourth-order valence-corrected chi connectivity index (χ4v) is 1.16. The monoisotopic (exact) mass is 215 g/mol. The van der Waals surface area contributed by atoms with Gasteiger partial charge in [-0.1, -0.05) is 11.6 Å². The van der Waals surface area contributed by atoms with Gasteiger partial charge < -0.3 is 15.6 Å². The van der Waals surface area contributed by atoms with E-state index < -0.39 is 5.91 Å². The van der Waals surface area contributed by atoms with Crippen LogP contribution in [0, 0.1) is 0 Å². The van der Waals surface area contributed by atoms with E-state index in [0.717, 1.165) is 0 Å². The van der Waals surface area contributed by atoms with Crippen molar-refractivity contribution in [2.75, 3.05) is 13.2 Å². The highest BCUT2D eigenvalue weighted by molar-refractivity contribution is 6.32. The number of aliphatic hydroxyl groups excluding tert-OH is 1. The number of hydrogen-bond acceptors (Lipinski definition) is 3. The molecule has 4 nitrogen and oxygen atoms in total. The maximum atomic E-state index is 10.8. The van der Waals surface area contributed by atoms with Crippen molar-refractivity contribution < 1.29 is 14.6 Å². The van der Waals surface area contributed by atoms with Crippen molar-refractivity contribution in [3.05, 3.63) is 28.8 Å². The molecular formula is C9H10ClNO3. The van der Waals surface area contributed by atoms with Crippen LogP contribution in [-0.2, 0) is 0 Å². The number of hydrogen-bond donors (Lipinski definition) is 2. The van der Waals surface area contributed by atoms with Crippen molar-refractivity contribution in [1.29, 1.82) is 0 Å². The van der Waals surface area contributed by atoms with Crippen LogP contribution < -0.4 is 10.5 Å². The number of rotatable bonds is 4. The first kappa shape index (κ1) is 10.8. The Kier molecular flexibility index (Phi) is 3.73. The molecule has 0 aliphatic rings. The summed E-state index contributed by atoms with van der Waals surface area (Å²) in [5.41, 5.74) is 5.38. The third-order valence-corrected chi connectivity index (χ3v) is 1.86. The van der Waals surface area contributed by atoms with E-state index in [9.17, 15) is 4.79 Å². The second kappa shape index (κ2) is 4.83. The Hall–Kier alpha value is -1.26. The number of benzene rings is 1. The van der Waals surface area contributed by atoms with Crippen LogP contribution in [0.15, 0.2) is 18.2 Å². The van der Waals surface area contributed by atoms with E-state index in [0.29, 0.717) is 16.3 Å². The molecule has 5 heteroatoms. The molecule has 0 atom stereocenters. The zero-order chi connectivity index (χ0) is 10.6. The largest absolute Gasteiger partial charge is 0.490 e. The Morgan fingerprint density at radius 1 is 1.57 bits per heavy atom. The summed E-state index contributed by atoms with van der Waals surface area (Å²) in [6.07, 6.45) is 0. The molecule has 3 N–H and O–H groups in total. The Morgan fingerprint density at radius 3 is 2.79 bits per heavy atom. The van der Waals surface area contributed by atoms with E-state index in [1.807, 2.05) is 0 Å². The minimum Gasteiger partial charge on any atom is -0.490 e. The SMILES string of the molecule is NC(=O)c1ccc(OCCO)c(Cl)c1. The molecule has 0 spiro atoms. The molecule has 0 bridgehead atoms. The Balaban J connectivity index is 2.84. The lowest BCUT2D eigenvalue weighted by atomic mass is 10.2. The summed E-state index contributed by atoms with van der Waals surface area (Å²) in [5.74, 6) is -0.119. The van der Waals surface area contributed by atoms with Gasteiger partial charge in [-0.15, -0.1) is 0 Å². The lowest BCUT2D eigenvalue weighted by Crippen LogP contribution is -2.11. The molecule has 0 heterocycles. The molecular weight excluding hydrogens is 206 g/mol. The van der Waals surface area contributed by atoms with Crippen LogP contribution in [0.1, 0.15) is 10.4 Å². The summed E-state index contributed by atoms with van der Waals surface area (Å²) in [6, 6.07) is 4.48. The summed E-state index contributed by atoms with van der Waals surface area (Å²) in [6.45, 7) is 0.0730. The zero-order valence-corrected chi connectivity index (χ0v) is 8.12. The minimum atomic E-state index is -0.541. The van der Waals surface area contributed by atoms with Gasteiger partial charge in [0.25, 0.3) is 0 Å². The molecule has 0 fully saturated rings. The average molecular weight is 216 g/mol. The number of ether oxygens (including phenoxy) is 1. The first-order valence-electron chi connectivity index (χ1n) is 3.98. The van der Waals surface area contributed by atoms with E-state index in [-0.39, 0.29) is 13.2 Å². The fourth-order valence-electron chi connectivity index (χ4n) is 0.927. The van der Waals surface area contributed by atoms with Crippen molar-refractivity contribution in [3.8, 4) is 5.75 Å². The van der Waals surface area contributed by atoms with E-state index in [4.69, 9.17) is 27.2 Å². The van der Waals surface area contributed by atoms with Gasteiger partial charge in [0, 0.05) is 5.56 Å². The number of amides is 1. The molecule has 76 valence electrons. The number of carbonyl (C=O) groups is 1. The first-order valence-corrected chi connectivity index (χ1v) is 4.36. The number of carbonyl (C=O) groups excluding carboxylic acids is 1. The van der Waals surface area contributed by atoms with Gasteiger partial charge in [0.15, 0.2) is 0 Å². The Bertz CT molecular complexity index is 341. The molecule has 1 rings (SSSR count). The van der Waals surface area contributed by atoms with Gasteiger partial charge in [-0.2, -0.15) is 0 Å². The summed E-state index contributed by atoms with van der Waals surface area (Å²) in [5, 5.41) is 8.82. The Morgan fingerprint density at radius 2 is 2.29 bits per heavy atom. The lowest BCUT2D eigenvalue weighted by Gasteiger charge is -2.06. The van der Waals surface area contributed by atoms with Crippen molar-refractivity contribution in [3.63, 3.8) is 0 Å². The van der Waals surface area contributed by atoms with Crippen LogP contribution in [-0.4, -0.2) is 24.2 Å². The Labute approximate surface area is 86.2 Å².